The third kappa shape index (κ3) is 2.94. The minimum Gasteiger partial charge on any atom is -0.481 e. The molecule has 1 aliphatic heterocycles. The maximum absolute atomic E-state index is 5.62. The van der Waals surface area contributed by atoms with Gasteiger partial charge in [-0.2, -0.15) is 0 Å². The average molecular weight is 340 g/mol. The average Bonchev–Trinajstić information content (AvgIpc) is 3.25. The van der Waals surface area contributed by atoms with Crippen molar-refractivity contribution in [2.75, 3.05) is 20.8 Å². The van der Waals surface area contributed by atoms with Crippen molar-refractivity contribution < 1.29 is 9.47 Å². The molecule has 0 amide bonds. The Hall–Kier alpha value is -2.58. The number of hydrogen-bond donors (Lipinski definition) is 0. The standard InChI is InChI=1S/C17H20N6O2/c1-24-13-8-14(16-21-20-15-9-18-6-7-23(15)16)22(11-13)10-12-4-3-5-19-17(12)25-2/h3-7,9,13-14H,8,10-11H2,1-2H3/t13-,14+/m1/s1. The van der Waals surface area contributed by atoms with Gasteiger partial charge in [-0.05, 0) is 12.5 Å². The Labute approximate surface area is 145 Å². The molecule has 0 saturated carbocycles. The molecule has 2 atom stereocenters. The van der Waals surface area contributed by atoms with Crippen LogP contribution in [0.15, 0.2) is 36.9 Å². The van der Waals surface area contributed by atoms with Crippen LogP contribution in [-0.2, 0) is 11.3 Å². The van der Waals surface area contributed by atoms with Crippen LogP contribution in [0.5, 0.6) is 5.88 Å². The quantitative estimate of drug-likeness (QED) is 0.696. The maximum Gasteiger partial charge on any atom is 0.217 e. The number of hydrogen-bond acceptors (Lipinski definition) is 7. The molecule has 4 heterocycles. The molecule has 4 rings (SSSR count). The van der Waals surface area contributed by atoms with Crippen LogP contribution in [0.3, 0.4) is 0 Å². The molecule has 0 aromatic carbocycles. The Morgan fingerprint density at radius 3 is 3.00 bits per heavy atom. The first kappa shape index (κ1) is 15.9. The van der Waals surface area contributed by atoms with E-state index in [-0.39, 0.29) is 12.1 Å². The van der Waals surface area contributed by atoms with Crippen molar-refractivity contribution in [2.45, 2.75) is 25.1 Å². The van der Waals surface area contributed by atoms with E-state index in [1.807, 2.05) is 22.7 Å². The van der Waals surface area contributed by atoms with Crippen LogP contribution in [0.2, 0.25) is 0 Å². The van der Waals surface area contributed by atoms with Gasteiger partial charge in [0.15, 0.2) is 11.5 Å². The number of methoxy groups -OCH3 is 2. The molecule has 0 radical (unpaired) electrons. The van der Waals surface area contributed by atoms with Crippen LogP contribution in [0.4, 0.5) is 0 Å². The minimum atomic E-state index is 0.104. The SMILES string of the molecule is COc1ncccc1CN1C[C@H](OC)C[C@H]1c1nnc2cnccn12. The summed E-state index contributed by atoms with van der Waals surface area (Å²) in [7, 11) is 3.39. The fraction of sp³-hybridized carbons (Fsp3) is 0.412. The van der Waals surface area contributed by atoms with E-state index in [2.05, 4.69) is 25.1 Å². The summed E-state index contributed by atoms with van der Waals surface area (Å²) >= 11 is 0. The maximum atomic E-state index is 5.62. The first-order valence-corrected chi connectivity index (χ1v) is 8.19. The third-order valence-electron chi connectivity index (χ3n) is 4.65. The van der Waals surface area contributed by atoms with Gasteiger partial charge < -0.3 is 9.47 Å². The minimum absolute atomic E-state index is 0.104. The van der Waals surface area contributed by atoms with E-state index in [4.69, 9.17) is 9.47 Å². The Morgan fingerprint density at radius 2 is 2.16 bits per heavy atom. The highest BCUT2D eigenvalue weighted by Crippen LogP contribution is 2.34. The van der Waals surface area contributed by atoms with E-state index in [1.165, 1.54) is 0 Å². The molecule has 8 heteroatoms. The fourth-order valence-electron chi connectivity index (χ4n) is 3.42. The van der Waals surface area contributed by atoms with Crippen molar-refractivity contribution in [1.29, 1.82) is 0 Å². The highest BCUT2D eigenvalue weighted by atomic mass is 16.5. The molecule has 3 aromatic heterocycles. The highest BCUT2D eigenvalue weighted by molar-refractivity contribution is 5.34. The number of fused-ring (bicyclic) bond motifs is 1. The van der Waals surface area contributed by atoms with Gasteiger partial charge in [0.05, 0.1) is 25.5 Å². The van der Waals surface area contributed by atoms with Gasteiger partial charge in [0.2, 0.25) is 5.88 Å². The Kier molecular flexibility index (Phi) is 4.29. The van der Waals surface area contributed by atoms with Crippen molar-refractivity contribution in [3.05, 3.63) is 48.3 Å². The van der Waals surface area contributed by atoms with Gasteiger partial charge in [-0.15, -0.1) is 10.2 Å². The predicted molar refractivity (Wildman–Crippen MR) is 90.1 cm³/mol. The summed E-state index contributed by atoms with van der Waals surface area (Å²) in [6.07, 6.45) is 8.11. The van der Waals surface area contributed by atoms with Crippen molar-refractivity contribution in [3.8, 4) is 5.88 Å². The summed E-state index contributed by atoms with van der Waals surface area (Å²) in [6, 6.07) is 4.07. The summed E-state index contributed by atoms with van der Waals surface area (Å²) < 4.78 is 13.0. The summed E-state index contributed by atoms with van der Waals surface area (Å²) in [5, 5.41) is 8.64. The van der Waals surface area contributed by atoms with Gasteiger partial charge >= 0.3 is 0 Å². The van der Waals surface area contributed by atoms with E-state index in [9.17, 15) is 0 Å². The van der Waals surface area contributed by atoms with E-state index < -0.39 is 0 Å². The molecule has 3 aromatic rings. The molecule has 0 N–H and O–H groups in total. The lowest BCUT2D eigenvalue weighted by Crippen LogP contribution is -2.26. The van der Waals surface area contributed by atoms with Crippen molar-refractivity contribution in [3.63, 3.8) is 0 Å². The molecule has 1 fully saturated rings. The van der Waals surface area contributed by atoms with Gasteiger partial charge in [-0.3, -0.25) is 14.3 Å². The van der Waals surface area contributed by atoms with Gasteiger partial charge in [0.25, 0.3) is 0 Å². The van der Waals surface area contributed by atoms with Crippen LogP contribution in [0, 0.1) is 0 Å². The summed E-state index contributed by atoms with van der Waals surface area (Å²) in [5.74, 6) is 1.55. The molecule has 0 bridgehead atoms. The van der Waals surface area contributed by atoms with E-state index in [0.717, 1.165) is 30.0 Å². The van der Waals surface area contributed by atoms with Crippen LogP contribution in [-0.4, -0.2) is 56.3 Å². The van der Waals surface area contributed by atoms with Gasteiger partial charge in [-0.1, -0.05) is 6.07 Å². The first-order valence-electron chi connectivity index (χ1n) is 8.19. The molecule has 0 spiro atoms. The summed E-state index contributed by atoms with van der Waals surface area (Å²) in [5.41, 5.74) is 1.79. The molecule has 1 aliphatic rings. The number of rotatable bonds is 5. The summed E-state index contributed by atoms with van der Waals surface area (Å²) in [4.78, 5) is 10.7. The lowest BCUT2D eigenvalue weighted by Gasteiger charge is -2.23. The van der Waals surface area contributed by atoms with Crippen molar-refractivity contribution in [1.82, 2.24) is 29.5 Å². The smallest absolute Gasteiger partial charge is 0.217 e. The van der Waals surface area contributed by atoms with Crippen LogP contribution in [0.1, 0.15) is 23.9 Å². The molecule has 8 nitrogen and oxygen atoms in total. The zero-order valence-electron chi connectivity index (χ0n) is 14.2. The molecule has 0 aliphatic carbocycles. The lowest BCUT2D eigenvalue weighted by atomic mass is 10.1. The fourth-order valence-corrected chi connectivity index (χ4v) is 3.42. The largest absolute Gasteiger partial charge is 0.481 e. The molecular weight excluding hydrogens is 320 g/mol. The Morgan fingerprint density at radius 1 is 1.24 bits per heavy atom. The van der Waals surface area contributed by atoms with Crippen molar-refractivity contribution >= 4 is 5.65 Å². The molecule has 25 heavy (non-hydrogen) atoms. The number of ether oxygens (including phenoxy) is 2. The second-order valence-corrected chi connectivity index (χ2v) is 6.07. The molecular formula is C17H20N6O2. The number of pyridine rings is 1. The monoisotopic (exact) mass is 340 g/mol. The second-order valence-electron chi connectivity index (χ2n) is 6.07. The zero-order chi connectivity index (χ0) is 17.2. The van der Waals surface area contributed by atoms with Crippen LogP contribution < -0.4 is 4.74 Å². The molecule has 130 valence electrons. The molecule has 0 unspecified atom stereocenters. The molecule has 1 saturated heterocycles. The number of nitrogens with zero attached hydrogens (tertiary/aromatic N) is 6. The Bertz CT molecular complexity index is 867. The van der Waals surface area contributed by atoms with Crippen molar-refractivity contribution in [2.24, 2.45) is 0 Å². The lowest BCUT2D eigenvalue weighted by molar-refractivity contribution is 0.107. The number of likely N-dealkylation sites (tertiary alicyclic amines) is 1. The third-order valence-corrected chi connectivity index (χ3v) is 4.65. The first-order chi connectivity index (χ1) is 12.3. The second kappa shape index (κ2) is 6.73. The van der Waals surface area contributed by atoms with E-state index in [0.29, 0.717) is 12.4 Å². The van der Waals surface area contributed by atoms with E-state index >= 15 is 0 Å². The topological polar surface area (TPSA) is 77.7 Å². The number of aromatic nitrogens is 5. The van der Waals surface area contributed by atoms with E-state index in [1.54, 1.807) is 32.8 Å². The predicted octanol–water partition coefficient (Wildman–Crippen LogP) is 1.49. The zero-order valence-corrected chi connectivity index (χ0v) is 14.2. The normalized spacial score (nSPS) is 21.0. The van der Waals surface area contributed by atoms with Gasteiger partial charge in [-0.25, -0.2) is 4.98 Å². The van der Waals surface area contributed by atoms with Crippen LogP contribution >= 0.6 is 0 Å². The Balaban J connectivity index is 1.67. The summed E-state index contributed by atoms with van der Waals surface area (Å²) in [6.45, 7) is 1.53. The van der Waals surface area contributed by atoms with Gasteiger partial charge in [0, 0.05) is 44.4 Å². The van der Waals surface area contributed by atoms with Crippen LogP contribution in [0.25, 0.3) is 5.65 Å². The highest BCUT2D eigenvalue weighted by Gasteiger charge is 2.36. The van der Waals surface area contributed by atoms with Gasteiger partial charge in [0.1, 0.15) is 0 Å².